The van der Waals surface area contributed by atoms with Crippen LogP contribution in [-0.2, 0) is 0 Å². The summed E-state index contributed by atoms with van der Waals surface area (Å²) in [5.41, 5.74) is 12.7. The molecule has 0 unspecified atom stereocenters. The molecule has 5 N–H and O–H groups in total. The van der Waals surface area contributed by atoms with Crippen molar-refractivity contribution in [3.05, 3.63) is 17.8 Å². The second kappa shape index (κ2) is 2.99. The first-order valence-corrected chi connectivity index (χ1v) is 4.07. The van der Waals surface area contributed by atoms with Crippen molar-refractivity contribution in [3.8, 4) is 11.4 Å². The number of nitrogens with zero attached hydrogens (tertiary/aromatic N) is 3. The van der Waals surface area contributed by atoms with E-state index in [1.165, 1.54) is 0 Å². The summed E-state index contributed by atoms with van der Waals surface area (Å²) in [6.07, 6.45) is 0. The molecule has 2 heterocycles. The number of hydrogen-bond donors (Lipinski definition) is 3. The Labute approximate surface area is 80.4 Å². The molecule has 0 amide bonds. The van der Waals surface area contributed by atoms with E-state index < -0.39 is 0 Å². The molecule has 2 rings (SSSR count). The van der Waals surface area contributed by atoms with Gasteiger partial charge in [-0.2, -0.15) is 4.98 Å². The lowest BCUT2D eigenvalue weighted by Crippen LogP contribution is -1.94. The summed E-state index contributed by atoms with van der Waals surface area (Å²) in [6, 6.07) is 3.57. The van der Waals surface area contributed by atoms with Gasteiger partial charge < -0.3 is 11.5 Å². The zero-order valence-electron chi connectivity index (χ0n) is 7.65. The predicted octanol–water partition coefficient (Wildman–Crippen LogP) is 0.340. The molecule has 2 aromatic heterocycles. The highest BCUT2D eigenvalue weighted by Gasteiger charge is 2.04. The molecule has 0 aromatic carbocycles. The first-order chi connectivity index (χ1) is 6.65. The Morgan fingerprint density at radius 2 is 2.00 bits per heavy atom. The Balaban J connectivity index is 2.51. The summed E-state index contributed by atoms with van der Waals surface area (Å²) >= 11 is 0. The number of hydrogen-bond acceptors (Lipinski definition) is 5. The van der Waals surface area contributed by atoms with Gasteiger partial charge in [0.05, 0.1) is 0 Å². The quantitative estimate of drug-likeness (QED) is 0.601. The summed E-state index contributed by atoms with van der Waals surface area (Å²) < 4.78 is 0. The number of aryl methyl sites for hydroxylation is 1. The van der Waals surface area contributed by atoms with Crippen molar-refractivity contribution >= 4 is 11.8 Å². The maximum absolute atomic E-state index is 5.60. The van der Waals surface area contributed by atoms with Crippen molar-refractivity contribution in [3.63, 3.8) is 0 Å². The van der Waals surface area contributed by atoms with Gasteiger partial charge in [-0.15, -0.1) is 5.10 Å². The van der Waals surface area contributed by atoms with Gasteiger partial charge in [-0.3, -0.25) is 5.10 Å². The number of aromatic amines is 1. The standard InChI is InChI=1S/C8H10N6/c1-4-2-5(3-6(9)11-4)7-12-8(10)14-13-7/h2-3H,1H3,(H2,9,11)(H3,10,12,13,14). The summed E-state index contributed by atoms with van der Waals surface area (Å²) in [5, 5.41) is 6.44. The molecule has 0 aliphatic carbocycles. The van der Waals surface area contributed by atoms with Crippen molar-refractivity contribution in [2.45, 2.75) is 6.92 Å². The van der Waals surface area contributed by atoms with Crippen LogP contribution in [0.15, 0.2) is 12.1 Å². The number of nitrogen functional groups attached to an aromatic ring is 2. The van der Waals surface area contributed by atoms with E-state index in [4.69, 9.17) is 11.5 Å². The molecule has 0 radical (unpaired) electrons. The van der Waals surface area contributed by atoms with Gasteiger partial charge in [-0.1, -0.05) is 0 Å². The monoisotopic (exact) mass is 190 g/mol. The van der Waals surface area contributed by atoms with Crippen LogP contribution >= 0.6 is 0 Å². The lowest BCUT2D eigenvalue weighted by Gasteiger charge is -1.99. The molecule has 0 aliphatic rings. The molecule has 0 aliphatic heterocycles. The number of pyridine rings is 1. The normalized spacial score (nSPS) is 10.4. The summed E-state index contributed by atoms with van der Waals surface area (Å²) in [6.45, 7) is 1.86. The molecule has 0 saturated carbocycles. The average Bonchev–Trinajstić information content (AvgIpc) is 2.50. The van der Waals surface area contributed by atoms with Crippen LogP contribution in [0.2, 0.25) is 0 Å². The molecule has 2 aromatic rings. The van der Waals surface area contributed by atoms with Gasteiger partial charge in [0.25, 0.3) is 0 Å². The average molecular weight is 190 g/mol. The van der Waals surface area contributed by atoms with Crippen LogP contribution in [0.5, 0.6) is 0 Å². The fraction of sp³-hybridized carbons (Fsp3) is 0.125. The minimum atomic E-state index is 0.216. The van der Waals surface area contributed by atoms with Crippen molar-refractivity contribution in [2.75, 3.05) is 11.5 Å². The smallest absolute Gasteiger partial charge is 0.239 e. The number of nitrogens with two attached hydrogens (primary N) is 2. The Hall–Kier alpha value is -2.11. The van der Waals surface area contributed by atoms with Crippen LogP contribution in [0, 0.1) is 6.92 Å². The summed E-state index contributed by atoms with van der Waals surface area (Å²) in [4.78, 5) is 8.04. The lowest BCUT2D eigenvalue weighted by atomic mass is 10.2. The number of rotatable bonds is 1. The van der Waals surface area contributed by atoms with Crippen LogP contribution in [0.25, 0.3) is 11.4 Å². The minimum Gasteiger partial charge on any atom is -0.384 e. The van der Waals surface area contributed by atoms with E-state index in [0.29, 0.717) is 11.6 Å². The molecular weight excluding hydrogens is 180 g/mol. The van der Waals surface area contributed by atoms with E-state index in [-0.39, 0.29) is 5.95 Å². The van der Waals surface area contributed by atoms with Crippen molar-refractivity contribution in [1.82, 2.24) is 20.2 Å². The molecule has 0 atom stereocenters. The molecule has 0 spiro atoms. The van der Waals surface area contributed by atoms with Crippen LogP contribution in [0.3, 0.4) is 0 Å². The van der Waals surface area contributed by atoms with Gasteiger partial charge in [-0.05, 0) is 19.1 Å². The molecular formula is C8H10N6. The van der Waals surface area contributed by atoms with E-state index in [1.54, 1.807) is 6.07 Å². The van der Waals surface area contributed by atoms with Gasteiger partial charge in [0, 0.05) is 11.3 Å². The highest BCUT2D eigenvalue weighted by Crippen LogP contribution is 2.17. The van der Waals surface area contributed by atoms with Crippen molar-refractivity contribution < 1.29 is 0 Å². The topological polar surface area (TPSA) is 106 Å². The van der Waals surface area contributed by atoms with E-state index >= 15 is 0 Å². The predicted molar refractivity (Wildman–Crippen MR) is 53.2 cm³/mol. The molecule has 14 heavy (non-hydrogen) atoms. The largest absolute Gasteiger partial charge is 0.384 e. The molecule has 6 heteroatoms. The number of H-pyrrole nitrogens is 1. The fourth-order valence-corrected chi connectivity index (χ4v) is 1.23. The maximum Gasteiger partial charge on any atom is 0.239 e. The molecule has 6 nitrogen and oxygen atoms in total. The Bertz CT molecular complexity index is 440. The summed E-state index contributed by atoms with van der Waals surface area (Å²) in [5.74, 6) is 1.27. The first-order valence-electron chi connectivity index (χ1n) is 4.07. The van der Waals surface area contributed by atoms with Crippen LogP contribution < -0.4 is 11.5 Å². The van der Waals surface area contributed by atoms with Crippen molar-refractivity contribution in [2.24, 2.45) is 0 Å². The van der Waals surface area contributed by atoms with Crippen LogP contribution in [0.4, 0.5) is 11.8 Å². The van der Waals surface area contributed by atoms with E-state index in [1.807, 2.05) is 13.0 Å². The Morgan fingerprint density at radius 3 is 2.57 bits per heavy atom. The highest BCUT2D eigenvalue weighted by atomic mass is 15.3. The number of anilines is 2. The van der Waals surface area contributed by atoms with Gasteiger partial charge in [0.15, 0.2) is 5.82 Å². The third-order valence-electron chi connectivity index (χ3n) is 1.75. The Morgan fingerprint density at radius 1 is 1.21 bits per heavy atom. The van der Waals surface area contributed by atoms with E-state index in [0.717, 1.165) is 11.3 Å². The second-order valence-electron chi connectivity index (χ2n) is 2.96. The number of nitrogens with one attached hydrogen (secondary N) is 1. The van der Waals surface area contributed by atoms with Gasteiger partial charge >= 0.3 is 0 Å². The van der Waals surface area contributed by atoms with Crippen LogP contribution in [-0.4, -0.2) is 20.2 Å². The Kier molecular flexibility index (Phi) is 1.81. The van der Waals surface area contributed by atoms with Crippen LogP contribution in [0.1, 0.15) is 5.69 Å². The second-order valence-corrected chi connectivity index (χ2v) is 2.96. The first kappa shape index (κ1) is 8.49. The van der Waals surface area contributed by atoms with E-state index in [2.05, 4.69) is 20.2 Å². The van der Waals surface area contributed by atoms with Crippen molar-refractivity contribution in [1.29, 1.82) is 0 Å². The molecule has 0 saturated heterocycles. The van der Waals surface area contributed by atoms with Gasteiger partial charge in [-0.25, -0.2) is 4.98 Å². The molecule has 72 valence electrons. The highest BCUT2D eigenvalue weighted by molar-refractivity contribution is 5.60. The molecule has 0 bridgehead atoms. The van der Waals surface area contributed by atoms with E-state index in [9.17, 15) is 0 Å². The van der Waals surface area contributed by atoms with Gasteiger partial charge in [0.2, 0.25) is 5.95 Å². The third kappa shape index (κ3) is 1.49. The number of aromatic nitrogens is 4. The minimum absolute atomic E-state index is 0.216. The zero-order chi connectivity index (χ0) is 10.1. The van der Waals surface area contributed by atoms with Gasteiger partial charge in [0.1, 0.15) is 5.82 Å². The lowest BCUT2D eigenvalue weighted by molar-refractivity contribution is 1.10. The SMILES string of the molecule is Cc1cc(-c2nc(N)n[nH]2)cc(N)n1. The molecule has 0 fully saturated rings. The maximum atomic E-state index is 5.60. The fourth-order valence-electron chi connectivity index (χ4n) is 1.23. The zero-order valence-corrected chi connectivity index (χ0v) is 7.65. The third-order valence-corrected chi connectivity index (χ3v) is 1.75. The summed E-state index contributed by atoms with van der Waals surface area (Å²) in [7, 11) is 0.